The van der Waals surface area contributed by atoms with Crippen LogP contribution in [0.1, 0.15) is 44.2 Å². The fourth-order valence-corrected chi connectivity index (χ4v) is 3.82. The average Bonchev–Trinajstić information content (AvgIpc) is 3.11. The zero-order chi connectivity index (χ0) is 19.8. The lowest BCUT2D eigenvalue weighted by molar-refractivity contribution is 0.545. The van der Waals surface area contributed by atoms with Gasteiger partial charge < -0.3 is 0 Å². The van der Waals surface area contributed by atoms with Crippen LogP contribution in [0.5, 0.6) is 0 Å². The van der Waals surface area contributed by atoms with Crippen molar-refractivity contribution in [2.75, 3.05) is 5.43 Å². The molecule has 8 nitrogen and oxygen atoms in total. The molecule has 0 saturated heterocycles. The number of benzene rings is 1. The zero-order valence-corrected chi connectivity index (χ0v) is 16.3. The van der Waals surface area contributed by atoms with E-state index in [-0.39, 0.29) is 17.3 Å². The quantitative estimate of drug-likeness (QED) is 0.689. The van der Waals surface area contributed by atoms with Gasteiger partial charge in [-0.1, -0.05) is 56.5 Å². The number of hydrogen-bond acceptors (Lipinski definition) is 5. The highest BCUT2D eigenvalue weighted by molar-refractivity contribution is 6.05. The molecule has 146 valence electrons. The predicted octanol–water partition coefficient (Wildman–Crippen LogP) is 2.38. The normalized spacial score (nSPS) is 16.0. The van der Waals surface area contributed by atoms with Crippen LogP contribution in [-0.4, -0.2) is 24.4 Å². The molecule has 0 unspecified atom stereocenters. The Morgan fingerprint density at radius 3 is 2.54 bits per heavy atom. The molecule has 28 heavy (non-hydrogen) atoms. The van der Waals surface area contributed by atoms with Crippen molar-refractivity contribution < 1.29 is 0 Å². The van der Waals surface area contributed by atoms with Gasteiger partial charge in [-0.15, -0.1) is 0 Å². The molecule has 0 fully saturated rings. The van der Waals surface area contributed by atoms with E-state index < -0.39 is 0 Å². The summed E-state index contributed by atoms with van der Waals surface area (Å²) in [5.74, 6) is 0.495. The number of hydrazone groups is 1. The van der Waals surface area contributed by atoms with Gasteiger partial charge in [0, 0.05) is 14.1 Å². The number of hydrogen-bond donors (Lipinski definition) is 1. The second-order valence-electron chi connectivity index (χ2n) is 7.17. The Kier molecular flexibility index (Phi) is 4.62. The maximum atomic E-state index is 13.0. The van der Waals surface area contributed by atoms with Crippen molar-refractivity contribution in [1.82, 2.24) is 18.7 Å². The molecule has 1 aliphatic rings. The van der Waals surface area contributed by atoms with Crippen LogP contribution in [0.3, 0.4) is 0 Å². The molecule has 1 N–H and O–H groups in total. The molecule has 4 rings (SSSR count). The zero-order valence-electron chi connectivity index (χ0n) is 16.3. The van der Waals surface area contributed by atoms with Crippen LogP contribution in [0.25, 0.3) is 11.2 Å². The molecule has 1 aliphatic heterocycles. The number of unbranched alkanes of at least 4 members (excludes halogenated alkanes) is 2. The van der Waals surface area contributed by atoms with Crippen LogP contribution in [0.15, 0.2) is 45.0 Å². The summed E-state index contributed by atoms with van der Waals surface area (Å²) < 4.78 is 4.46. The summed E-state index contributed by atoms with van der Waals surface area (Å²) in [5.41, 5.74) is 4.95. The van der Waals surface area contributed by atoms with Gasteiger partial charge in [0.1, 0.15) is 0 Å². The van der Waals surface area contributed by atoms with Crippen molar-refractivity contribution in [2.45, 2.75) is 38.6 Å². The summed E-state index contributed by atoms with van der Waals surface area (Å²) in [4.78, 5) is 29.8. The first-order valence-corrected chi connectivity index (χ1v) is 9.61. The minimum atomic E-state index is -0.389. The van der Waals surface area contributed by atoms with Crippen LogP contribution in [0.4, 0.5) is 5.95 Å². The van der Waals surface area contributed by atoms with E-state index in [0.717, 1.165) is 41.5 Å². The van der Waals surface area contributed by atoms with E-state index in [4.69, 9.17) is 0 Å². The van der Waals surface area contributed by atoms with Gasteiger partial charge in [0.15, 0.2) is 11.2 Å². The Morgan fingerprint density at radius 2 is 1.82 bits per heavy atom. The highest BCUT2D eigenvalue weighted by Crippen LogP contribution is 2.32. The third kappa shape index (κ3) is 2.76. The van der Waals surface area contributed by atoms with E-state index in [2.05, 4.69) is 22.4 Å². The summed E-state index contributed by atoms with van der Waals surface area (Å²) in [5, 5.41) is 4.59. The minimum absolute atomic E-state index is 0.125. The van der Waals surface area contributed by atoms with Crippen molar-refractivity contribution in [1.29, 1.82) is 0 Å². The number of nitrogens with zero attached hydrogens (tertiary/aromatic N) is 5. The minimum Gasteiger partial charge on any atom is -0.294 e. The van der Waals surface area contributed by atoms with Gasteiger partial charge >= 0.3 is 5.69 Å². The Morgan fingerprint density at radius 1 is 1.07 bits per heavy atom. The second kappa shape index (κ2) is 7.10. The topological polar surface area (TPSA) is 86.2 Å². The van der Waals surface area contributed by atoms with Gasteiger partial charge in [-0.3, -0.25) is 18.5 Å². The number of imidazole rings is 1. The standard InChI is InChI=1S/C20H24N6O2/c1-4-5-7-12-14-15(13-10-8-6-9-11-13)22-23-19-21-17-16(26(14)19)18(27)25(3)20(28)24(17)2/h6,8-11,14H,4-5,7,12H2,1-3H3,(H,21,23)/t14-/m1/s1. The molecule has 3 heterocycles. The molecule has 1 atom stereocenters. The molecule has 1 aromatic carbocycles. The van der Waals surface area contributed by atoms with Crippen LogP contribution in [0.2, 0.25) is 0 Å². The second-order valence-corrected chi connectivity index (χ2v) is 7.17. The maximum absolute atomic E-state index is 13.0. The Balaban J connectivity index is 1.95. The summed E-state index contributed by atoms with van der Waals surface area (Å²) in [6.07, 6.45) is 4.06. The molecule has 0 radical (unpaired) electrons. The molecule has 0 aliphatic carbocycles. The van der Waals surface area contributed by atoms with Gasteiger partial charge in [-0.2, -0.15) is 10.1 Å². The lowest BCUT2D eigenvalue weighted by atomic mass is 9.97. The molecule has 3 aromatic rings. The average molecular weight is 380 g/mol. The lowest BCUT2D eigenvalue weighted by Gasteiger charge is -2.27. The number of fused-ring (bicyclic) bond motifs is 3. The summed E-state index contributed by atoms with van der Waals surface area (Å²) in [6.45, 7) is 2.16. The van der Waals surface area contributed by atoms with Gasteiger partial charge in [-0.25, -0.2) is 10.2 Å². The Hall–Kier alpha value is -3.16. The van der Waals surface area contributed by atoms with Crippen molar-refractivity contribution in [3.63, 3.8) is 0 Å². The fourth-order valence-electron chi connectivity index (χ4n) is 3.82. The molecular formula is C20H24N6O2. The Bertz CT molecular complexity index is 1170. The van der Waals surface area contributed by atoms with E-state index >= 15 is 0 Å². The molecule has 2 aromatic heterocycles. The Labute approximate surface area is 162 Å². The van der Waals surface area contributed by atoms with Crippen molar-refractivity contribution in [2.24, 2.45) is 19.2 Å². The first-order valence-electron chi connectivity index (χ1n) is 9.61. The fraction of sp³-hybridized carbons (Fsp3) is 0.400. The van der Waals surface area contributed by atoms with Gasteiger partial charge in [0.25, 0.3) is 5.56 Å². The summed E-state index contributed by atoms with van der Waals surface area (Å²) in [7, 11) is 3.13. The predicted molar refractivity (Wildman–Crippen MR) is 110 cm³/mol. The number of rotatable bonds is 5. The van der Waals surface area contributed by atoms with Crippen LogP contribution >= 0.6 is 0 Å². The van der Waals surface area contributed by atoms with E-state index in [0.29, 0.717) is 17.1 Å². The largest absolute Gasteiger partial charge is 0.332 e. The monoisotopic (exact) mass is 380 g/mol. The SMILES string of the molecule is CCCCC[C@@H]1C(c2ccccc2)=NNc2nc3c(c(=O)n(C)c(=O)n3C)n21. The van der Waals surface area contributed by atoms with Crippen LogP contribution in [-0.2, 0) is 14.1 Å². The van der Waals surface area contributed by atoms with Crippen molar-refractivity contribution in [3.05, 3.63) is 56.7 Å². The van der Waals surface area contributed by atoms with E-state index in [1.165, 1.54) is 11.6 Å². The molecular weight excluding hydrogens is 356 g/mol. The first kappa shape index (κ1) is 18.2. The molecule has 8 heteroatoms. The first-order chi connectivity index (χ1) is 13.5. The number of nitrogens with one attached hydrogen (secondary N) is 1. The third-order valence-corrected chi connectivity index (χ3v) is 5.35. The highest BCUT2D eigenvalue weighted by Gasteiger charge is 2.31. The third-order valence-electron chi connectivity index (χ3n) is 5.35. The van der Waals surface area contributed by atoms with Crippen LogP contribution < -0.4 is 16.7 Å². The van der Waals surface area contributed by atoms with Gasteiger partial charge in [0.2, 0.25) is 5.95 Å². The molecule has 0 saturated carbocycles. The van der Waals surface area contributed by atoms with E-state index in [1.807, 2.05) is 34.9 Å². The summed E-state index contributed by atoms with van der Waals surface area (Å²) in [6, 6.07) is 9.84. The summed E-state index contributed by atoms with van der Waals surface area (Å²) >= 11 is 0. The number of aryl methyl sites for hydroxylation is 1. The maximum Gasteiger partial charge on any atom is 0.332 e. The van der Waals surface area contributed by atoms with Crippen LogP contribution in [0, 0.1) is 0 Å². The molecule has 0 spiro atoms. The van der Waals surface area contributed by atoms with Crippen molar-refractivity contribution in [3.8, 4) is 0 Å². The van der Waals surface area contributed by atoms with E-state index in [1.54, 1.807) is 7.05 Å². The number of anilines is 1. The lowest BCUT2D eigenvalue weighted by Crippen LogP contribution is -2.38. The van der Waals surface area contributed by atoms with Gasteiger partial charge in [-0.05, 0) is 12.0 Å². The van der Waals surface area contributed by atoms with Gasteiger partial charge in [0.05, 0.1) is 11.8 Å². The molecule has 0 amide bonds. The highest BCUT2D eigenvalue weighted by atomic mass is 16.2. The smallest absolute Gasteiger partial charge is 0.294 e. The van der Waals surface area contributed by atoms with E-state index in [9.17, 15) is 9.59 Å². The van der Waals surface area contributed by atoms with Crippen molar-refractivity contribution >= 4 is 22.8 Å². The molecule has 0 bridgehead atoms. The number of aromatic nitrogens is 4.